The van der Waals surface area contributed by atoms with Crippen molar-refractivity contribution >= 4 is 17.2 Å². The van der Waals surface area contributed by atoms with Crippen molar-refractivity contribution in [2.45, 2.75) is 51.2 Å². The third-order valence-electron chi connectivity index (χ3n) is 6.56. The number of likely N-dealkylation sites (tertiary alicyclic amines) is 1. The van der Waals surface area contributed by atoms with E-state index in [4.69, 9.17) is 9.72 Å². The van der Waals surface area contributed by atoms with Crippen LogP contribution in [0.3, 0.4) is 0 Å². The van der Waals surface area contributed by atoms with E-state index < -0.39 is 0 Å². The highest BCUT2D eigenvalue weighted by Gasteiger charge is 2.36. The normalized spacial score (nSPS) is 20.8. The van der Waals surface area contributed by atoms with Crippen LogP contribution < -0.4 is 4.74 Å². The highest BCUT2D eigenvalue weighted by atomic mass is 32.1. The summed E-state index contributed by atoms with van der Waals surface area (Å²) in [4.78, 5) is 20.1. The van der Waals surface area contributed by atoms with Crippen LogP contribution in [0.1, 0.15) is 54.6 Å². The third-order valence-corrected chi connectivity index (χ3v) is 7.45. The molecule has 0 radical (unpaired) electrons. The molecule has 1 saturated heterocycles. The molecule has 0 spiro atoms. The van der Waals surface area contributed by atoms with Gasteiger partial charge in [-0.2, -0.15) is 0 Å². The predicted octanol–water partition coefficient (Wildman–Crippen LogP) is 6.18. The molecule has 2 unspecified atom stereocenters. The first-order valence-corrected chi connectivity index (χ1v) is 12.2. The van der Waals surface area contributed by atoms with Gasteiger partial charge in [0.25, 0.3) is 5.91 Å². The van der Waals surface area contributed by atoms with Gasteiger partial charge in [-0.25, -0.2) is 4.98 Å². The molecule has 1 aliphatic carbocycles. The molecular formula is C26H28N2O2S. The minimum absolute atomic E-state index is 0.107. The highest BCUT2D eigenvalue weighted by molar-refractivity contribution is 7.13. The van der Waals surface area contributed by atoms with Crippen LogP contribution in [0.5, 0.6) is 5.75 Å². The molecule has 5 rings (SSSR count). The van der Waals surface area contributed by atoms with Crippen LogP contribution in [-0.2, 0) is 6.61 Å². The average Bonchev–Trinajstić information content (AvgIpc) is 3.33. The Labute approximate surface area is 187 Å². The quantitative estimate of drug-likeness (QED) is 0.483. The predicted molar refractivity (Wildman–Crippen MR) is 124 cm³/mol. The van der Waals surface area contributed by atoms with Gasteiger partial charge in [-0.05, 0) is 49.3 Å². The summed E-state index contributed by atoms with van der Waals surface area (Å²) in [5.41, 5.74) is 2.71. The lowest BCUT2D eigenvalue weighted by molar-refractivity contribution is 0.0386. The summed E-state index contributed by atoms with van der Waals surface area (Å²) in [6, 6.07) is 18.5. The molecule has 2 aliphatic rings. The van der Waals surface area contributed by atoms with Crippen LogP contribution in [0.2, 0.25) is 0 Å². The maximum Gasteiger partial charge on any atom is 0.273 e. The van der Waals surface area contributed by atoms with Gasteiger partial charge in [0.1, 0.15) is 23.1 Å². The molecule has 160 valence electrons. The summed E-state index contributed by atoms with van der Waals surface area (Å²) in [6.07, 6.45) is 7.35. The van der Waals surface area contributed by atoms with E-state index >= 15 is 0 Å². The Morgan fingerprint density at radius 3 is 2.77 bits per heavy atom. The van der Waals surface area contributed by atoms with E-state index in [0.29, 0.717) is 24.3 Å². The molecule has 5 heteroatoms. The number of amides is 1. The number of fused-ring (bicyclic) bond motifs is 1. The van der Waals surface area contributed by atoms with Crippen molar-refractivity contribution in [2.75, 3.05) is 6.54 Å². The third kappa shape index (κ3) is 4.52. The molecular weight excluding hydrogens is 404 g/mol. The monoisotopic (exact) mass is 432 g/mol. The summed E-state index contributed by atoms with van der Waals surface area (Å²) >= 11 is 1.53. The first-order chi connectivity index (χ1) is 15.3. The van der Waals surface area contributed by atoms with Gasteiger partial charge in [0.15, 0.2) is 0 Å². The number of nitrogens with zero attached hydrogens (tertiary/aromatic N) is 2. The number of rotatable bonds is 5. The Balaban J connectivity index is 1.29. The lowest BCUT2D eigenvalue weighted by Gasteiger charge is -2.43. The van der Waals surface area contributed by atoms with Gasteiger partial charge in [0, 0.05) is 23.5 Å². The number of aromatic nitrogens is 1. The van der Waals surface area contributed by atoms with Gasteiger partial charge in [0.05, 0.1) is 0 Å². The summed E-state index contributed by atoms with van der Waals surface area (Å²) in [6.45, 7) is 1.40. The summed E-state index contributed by atoms with van der Waals surface area (Å²) in [7, 11) is 0. The first kappa shape index (κ1) is 20.3. The number of benzene rings is 2. The molecule has 2 fully saturated rings. The van der Waals surface area contributed by atoms with Crippen molar-refractivity contribution in [2.24, 2.45) is 5.92 Å². The van der Waals surface area contributed by atoms with Crippen molar-refractivity contribution in [3.63, 3.8) is 0 Å². The van der Waals surface area contributed by atoms with Gasteiger partial charge in [0.2, 0.25) is 0 Å². The summed E-state index contributed by atoms with van der Waals surface area (Å²) in [5.74, 6) is 1.60. The zero-order valence-corrected chi connectivity index (χ0v) is 18.5. The highest BCUT2D eigenvalue weighted by Crippen LogP contribution is 2.36. The van der Waals surface area contributed by atoms with Crippen LogP contribution in [0.15, 0.2) is 60.0 Å². The van der Waals surface area contributed by atoms with Crippen LogP contribution >= 0.6 is 11.3 Å². The number of hydrogen-bond acceptors (Lipinski definition) is 4. The molecule has 1 saturated carbocycles. The van der Waals surface area contributed by atoms with E-state index in [2.05, 4.69) is 17.0 Å². The van der Waals surface area contributed by atoms with Crippen molar-refractivity contribution in [3.8, 4) is 16.3 Å². The van der Waals surface area contributed by atoms with E-state index in [0.717, 1.165) is 41.3 Å². The zero-order valence-electron chi connectivity index (χ0n) is 17.7. The van der Waals surface area contributed by atoms with Crippen LogP contribution in [-0.4, -0.2) is 28.4 Å². The minimum Gasteiger partial charge on any atom is -0.489 e. The molecule has 3 aromatic rings. The summed E-state index contributed by atoms with van der Waals surface area (Å²) in [5, 5.41) is 2.78. The van der Waals surface area contributed by atoms with Gasteiger partial charge in [-0.1, -0.05) is 55.3 Å². The molecule has 0 N–H and O–H groups in total. The Kier molecular flexibility index (Phi) is 6.03. The lowest BCUT2D eigenvalue weighted by Crippen LogP contribution is -2.49. The molecule has 31 heavy (non-hydrogen) atoms. The zero-order chi connectivity index (χ0) is 21.0. The molecule has 1 aromatic heterocycles. The van der Waals surface area contributed by atoms with Gasteiger partial charge in [-0.15, -0.1) is 11.3 Å². The standard InChI is InChI=1S/C26H28N2O2S/c29-26(28-15-7-12-20-10-4-5-14-24(20)28)23-18-31-25(27-23)21-11-6-13-22(16-21)30-17-19-8-2-1-3-9-19/h1-3,6,8-9,11,13,16,18,20,24H,4-5,7,10,12,14-15,17H2. The van der Waals surface area contributed by atoms with E-state index in [1.54, 1.807) is 0 Å². The Hall–Kier alpha value is -2.66. The van der Waals surface area contributed by atoms with Gasteiger partial charge >= 0.3 is 0 Å². The van der Waals surface area contributed by atoms with Crippen LogP contribution in [0.4, 0.5) is 0 Å². The smallest absolute Gasteiger partial charge is 0.273 e. The van der Waals surface area contributed by atoms with E-state index in [9.17, 15) is 4.79 Å². The number of hydrogen-bond donors (Lipinski definition) is 0. The maximum absolute atomic E-state index is 13.3. The second kappa shape index (κ2) is 9.23. The largest absolute Gasteiger partial charge is 0.489 e. The second-order valence-corrected chi connectivity index (χ2v) is 9.45. The lowest BCUT2D eigenvalue weighted by atomic mass is 9.78. The molecule has 4 nitrogen and oxygen atoms in total. The van der Waals surface area contributed by atoms with Crippen molar-refractivity contribution in [3.05, 3.63) is 71.2 Å². The minimum atomic E-state index is 0.107. The van der Waals surface area contributed by atoms with E-state index in [-0.39, 0.29) is 5.91 Å². The molecule has 2 atom stereocenters. The molecule has 2 aromatic carbocycles. The van der Waals surface area contributed by atoms with Crippen LogP contribution in [0, 0.1) is 5.92 Å². The molecule has 1 aliphatic heterocycles. The first-order valence-electron chi connectivity index (χ1n) is 11.3. The molecule has 2 heterocycles. The van der Waals surface area contributed by atoms with E-state index in [1.165, 1.54) is 37.0 Å². The molecule has 0 bridgehead atoms. The average molecular weight is 433 g/mol. The van der Waals surface area contributed by atoms with Gasteiger partial charge < -0.3 is 9.64 Å². The Morgan fingerprint density at radius 2 is 1.87 bits per heavy atom. The van der Waals surface area contributed by atoms with Crippen molar-refractivity contribution in [1.82, 2.24) is 9.88 Å². The number of thiazole rings is 1. The summed E-state index contributed by atoms with van der Waals surface area (Å²) < 4.78 is 5.96. The van der Waals surface area contributed by atoms with Crippen molar-refractivity contribution < 1.29 is 9.53 Å². The SMILES string of the molecule is O=C(c1csc(-c2cccc(OCc3ccccc3)c2)n1)N1CCCC2CCCCC21. The number of carbonyl (C=O) groups excluding carboxylic acids is 1. The second-order valence-electron chi connectivity index (χ2n) is 8.59. The number of ether oxygens (including phenoxy) is 1. The molecule has 1 amide bonds. The fraction of sp³-hybridized carbons (Fsp3) is 0.385. The van der Waals surface area contributed by atoms with Gasteiger partial charge in [-0.3, -0.25) is 4.79 Å². The topological polar surface area (TPSA) is 42.4 Å². The Bertz CT molecular complexity index is 1030. The van der Waals surface area contributed by atoms with Crippen LogP contribution in [0.25, 0.3) is 10.6 Å². The fourth-order valence-electron chi connectivity index (χ4n) is 4.99. The number of carbonyl (C=O) groups is 1. The number of piperidine rings is 1. The Morgan fingerprint density at radius 1 is 1.03 bits per heavy atom. The maximum atomic E-state index is 13.3. The van der Waals surface area contributed by atoms with Crippen molar-refractivity contribution in [1.29, 1.82) is 0 Å². The fourth-order valence-corrected chi connectivity index (χ4v) is 5.78. The van der Waals surface area contributed by atoms with E-state index in [1.807, 2.05) is 47.8 Å².